The van der Waals surface area contributed by atoms with Gasteiger partial charge in [-0.3, -0.25) is 0 Å². The Hall–Kier alpha value is -1.10. The van der Waals surface area contributed by atoms with Crippen LogP contribution in [0.3, 0.4) is 0 Å². The first kappa shape index (κ1) is 16.0. The fraction of sp³-hybridized carbons (Fsp3) is 0.500. The van der Waals surface area contributed by atoms with E-state index in [0.717, 1.165) is 0 Å². The second-order valence-electron chi connectivity index (χ2n) is 5.29. The third-order valence-corrected chi connectivity index (χ3v) is 2.73. The average molecular weight is 287 g/mol. The molecule has 0 bridgehead atoms. The maximum Gasteiger partial charge on any atom is 0.338 e. The van der Waals surface area contributed by atoms with Crippen LogP contribution in [0.15, 0.2) is 24.3 Å². The molecule has 0 fully saturated rings. The fourth-order valence-corrected chi connectivity index (χ4v) is 1.63. The largest absolute Gasteiger partial charge is 0.456 e. The second-order valence-corrected chi connectivity index (χ2v) is 5.60. The number of ether oxygens (including phenoxy) is 1. The summed E-state index contributed by atoms with van der Waals surface area (Å²) >= 11 is 5.47. The topological polar surface area (TPSA) is 66.8 Å². The summed E-state index contributed by atoms with van der Waals surface area (Å²) in [5.41, 5.74) is 0.344. The molecule has 0 saturated heterocycles. The Morgan fingerprint density at radius 1 is 1.26 bits per heavy atom. The van der Waals surface area contributed by atoms with E-state index in [1.807, 2.05) is 0 Å². The molecule has 0 aliphatic carbocycles. The number of aliphatic hydroxyl groups is 2. The van der Waals surface area contributed by atoms with Gasteiger partial charge in [0.15, 0.2) is 0 Å². The quantitative estimate of drug-likeness (QED) is 0.658. The molecule has 0 radical (unpaired) electrons. The van der Waals surface area contributed by atoms with E-state index in [9.17, 15) is 15.0 Å². The van der Waals surface area contributed by atoms with E-state index >= 15 is 0 Å². The van der Waals surface area contributed by atoms with Gasteiger partial charge in [-0.25, -0.2) is 4.79 Å². The average Bonchev–Trinajstić information content (AvgIpc) is 2.35. The second kappa shape index (κ2) is 6.37. The van der Waals surface area contributed by atoms with Crippen molar-refractivity contribution in [2.24, 2.45) is 0 Å². The van der Waals surface area contributed by atoms with Gasteiger partial charge < -0.3 is 14.9 Å². The van der Waals surface area contributed by atoms with Crippen LogP contribution in [0, 0.1) is 0 Å². The summed E-state index contributed by atoms with van der Waals surface area (Å²) in [7, 11) is 0. The lowest BCUT2D eigenvalue weighted by atomic mass is 10.0. The first-order valence-corrected chi connectivity index (χ1v) is 6.53. The van der Waals surface area contributed by atoms with Crippen molar-refractivity contribution in [2.45, 2.75) is 38.6 Å². The molecule has 0 saturated carbocycles. The molecule has 106 valence electrons. The highest BCUT2D eigenvalue weighted by molar-refractivity contribution is 6.18. The van der Waals surface area contributed by atoms with Crippen LogP contribution >= 0.6 is 11.6 Å². The molecule has 1 rings (SSSR count). The molecule has 0 aliphatic rings. The highest BCUT2D eigenvalue weighted by atomic mass is 35.5. The monoisotopic (exact) mass is 286 g/mol. The van der Waals surface area contributed by atoms with Crippen LogP contribution in [0.25, 0.3) is 0 Å². The molecule has 19 heavy (non-hydrogen) atoms. The highest BCUT2D eigenvalue weighted by Gasteiger charge is 2.20. The van der Waals surface area contributed by atoms with Crippen molar-refractivity contribution in [3.8, 4) is 0 Å². The van der Waals surface area contributed by atoms with Crippen molar-refractivity contribution in [1.29, 1.82) is 0 Å². The molecule has 2 unspecified atom stereocenters. The lowest BCUT2D eigenvalue weighted by molar-refractivity contribution is 0.00691. The van der Waals surface area contributed by atoms with Crippen molar-refractivity contribution in [3.63, 3.8) is 0 Å². The summed E-state index contributed by atoms with van der Waals surface area (Å²) in [6, 6.07) is 6.24. The van der Waals surface area contributed by atoms with Crippen LogP contribution in [-0.2, 0) is 4.74 Å². The number of hydrogen-bond acceptors (Lipinski definition) is 4. The Labute approximate surface area is 118 Å². The van der Waals surface area contributed by atoms with E-state index in [1.54, 1.807) is 45.0 Å². The fourth-order valence-electron chi connectivity index (χ4n) is 1.46. The van der Waals surface area contributed by atoms with Gasteiger partial charge >= 0.3 is 5.97 Å². The molecular weight excluding hydrogens is 268 g/mol. The number of rotatable bonds is 4. The first-order chi connectivity index (χ1) is 8.74. The van der Waals surface area contributed by atoms with Crippen molar-refractivity contribution in [3.05, 3.63) is 35.4 Å². The molecular formula is C14H19ClO4. The number of aliphatic hydroxyl groups excluding tert-OH is 2. The summed E-state index contributed by atoms with van der Waals surface area (Å²) in [6.45, 7) is 5.37. The zero-order valence-electron chi connectivity index (χ0n) is 11.3. The molecule has 0 amide bonds. The molecule has 0 spiro atoms. The predicted octanol–water partition coefficient (Wildman–Crippen LogP) is 2.28. The summed E-state index contributed by atoms with van der Waals surface area (Å²) in [4.78, 5) is 11.8. The van der Waals surface area contributed by atoms with Crippen molar-refractivity contribution in [1.82, 2.24) is 0 Å². The molecule has 2 atom stereocenters. The van der Waals surface area contributed by atoms with Crippen molar-refractivity contribution in [2.75, 3.05) is 5.88 Å². The summed E-state index contributed by atoms with van der Waals surface area (Å²) < 4.78 is 5.22. The zero-order chi connectivity index (χ0) is 14.6. The van der Waals surface area contributed by atoms with Crippen LogP contribution in [0.2, 0.25) is 0 Å². The highest BCUT2D eigenvalue weighted by Crippen LogP contribution is 2.19. The summed E-state index contributed by atoms with van der Waals surface area (Å²) in [5, 5.41) is 19.2. The van der Waals surface area contributed by atoms with E-state index in [0.29, 0.717) is 11.1 Å². The molecule has 2 N–H and O–H groups in total. The van der Waals surface area contributed by atoms with Gasteiger partial charge in [0.1, 0.15) is 11.7 Å². The number of halogens is 1. The van der Waals surface area contributed by atoms with Crippen LogP contribution in [0.5, 0.6) is 0 Å². The van der Waals surface area contributed by atoms with Gasteiger partial charge in [-0.2, -0.15) is 0 Å². The van der Waals surface area contributed by atoms with Crippen LogP contribution in [0.4, 0.5) is 0 Å². The third-order valence-electron chi connectivity index (χ3n) is 2.41. The number of esters is 1. The molecule has 0 heterocycles. The molecule has 4 nitrogen and oxygen atoms in total. The standard InChI is InChI=1S/C14H19ClO4/c1-14(2,3)19-13(18)10-6-4-9(5-7-10)12(17)11(16)8-15/h4-7,11-12,16-17H,8H2,1-3H3. The Bertz CT molecular complexity index is 422. The van der Waals surface area contributed by atoms with Gasteiger partial charge in [-0.15, -0.1) is 11.6 Å². The minimum absolute atomic E-state index is 0.0605. The molecule has 5 heteroatoms. The lowest BCUT2D eigenvalue weighted by Crippen LogP contribution is -2.24. The first-order valence-electron chi connectivity index (χ1n) is 6.00. The van der Waals surface area contributed by atoms with Gasteiger partial charge in [0.25, 0.3) is 0 Å². The SMILES string of the molecule is CC(C)(C)OC(=O)c1ccc(C(O)C(O)CCl)cc1. The number of alkyl halides is 1. The van der Waals surface area contributed by atoms with Crippen molar-refractivity contribution < 1.29 is 19.7 Å². The van der Waals surface area contributed by atoms with Gasteiger partial charge in [0, 0.05) is 0 Å². The van der Waals surface area contributed by atoms with E-state index in [2.05, 4.69) is 0 Å². The number of carbonyl (C=O) groups excluding carboxylic acids is 1. The van der Waals surface area contributed by atoms with E-state index in [-0.39, 0.29) is 5.88 Å². The van der Waals surface area contributed by atoms with E-state index in [4.69, 9.17) is 16.3 Å². The summed E-state index contributed by atoms with van der Waals surface area (Å²) in [5.74, 6) is -0.485. The van der Waals surface area contributed by atoms with Crippen LogP contribution in [0.1, 0.15) is 42.8 Å². The number of benzene rings is 1. The number of hydrogen-bond donors (Lipinski definition) is 2. The molecule has 1 aromatic carbocycles. The van der Waals surface area contributed by atoms with Gasteiger partial charge in [-0.05, 0) is 38.5 Å². The third kappa shape index (κ3) is 4.82. The maximum atomic E-state index is 11.8. The Morgan fingerprint density at radius 3 is 2.21 bits per heavy atom. The minimum Gasteiger partial charge on any atom is -0.456 e. The normalized spacial score (nSPS) is 14.8. The van der Waals surface area contributed by atoms with Crippen molar-refractivity contribution >= 4 is 17.6 Å². The van der Waals surface area contributed by atoms with Gasteiger partial charge in [0.05, 0.1) is 17.5 Å². The predicted molar refractivity (Wildman–Crippen MR) is 73.3 cm³/mol. The maximum absolute atomic E-state index is 11.8. The van der Waals surface area contributed by atoms with Gasteiger partial charge in [0.2, 0.25) is 0 Å². The van der Waals surface area contributed by atoms with E-state index in [1.165, 1.54) is 0 Å². The molecule has 1 aromatic rings. The van der Waals surface area contributed by atoms with Crippen LogP contribution in [-0.4, -0.2) is 33.8 Å². The minimum atomic E-state index is -1.06. The molecule has 0 aromatic heterocycles. The lowest BCUT2D eigenvalue weighted by Gasteiger charge is -2.20. The van der Waals surface area contributed by atoms with Gasteiger partial charge in [-0.1, -0.05) is 12.1 Å². The zero-order valence-corrected chi connectivity index (χ0v) is 12.0. The number of carbonyl (C=O) groups is 1. The summed E-state index contributed by atoms with van der Waals surface area (Å²) in [6.07, 6.45) is -2.10. The van der Waals surface area contributed by atoms with Crippen LogP contribution < -0.4 is 0 Å². The Morgan fingerprint density at radius 2 is 1.79 bits per heavy atom. The Kier molecular flexibility index (Phi) is 5.35. The van der Waals surface area contributed by atoms with E-state index < -0.39 is 23.8 Å². The molecule has 0 aliphatic heterocycles. The Balaban J connectivity index is 2.79. The smallest absolute Gasteiger partial charge is 0.338 e.